The smallest absolute Gasteiger partial charge is 0.140 e. The summed E-state index contributed by atoms with van der Waals surface area (Å²) in [4.78, 5) is 11.5. The van der Waals surface area contributed by atoms with Crippen molar-refractivity contribution in [3.8, 4) is 0 Å². The predicted molar refractivity (Wildman–Crippen MR) is 87.7 cm³/mol. The molecule has 3 rings (SSSR count). The number of anilines is 1. The number of hydrogen-bond donors (Lipinski definition) is 1. The van der Waals surface area contributed by atoms with E-state index in [0.29, 0.717) is 6.04 Å². The van der Waals surface area contributed by atoms with Gasteiger partial charge in [-0.3, -0.25) is 0 Å². The number of fused-ring (bicyclic) bond motifs is 1. The van der Waals surface area contributed by atoms with Gasteiger partial charge in [0.15, 0.2) is 0 Å². The highest BCUT2D eigenvalue weighted by Gasteiger charge is 2.24. The second kappa shape index (κ2) is 6.85. The molecule has 1 saturated heterocycles. The summed E-state index contributed by atoms with van der Waals surface area (Å²) in [6.07, 6.45) is 6.70. The lowest BCUT2D eigenvalue weighted by Crippen LogP contribution is -2.46. The normalized spacial score (nSPS) is 19.1. The van der Waals surface area contributed by atoms with Crippen molar-refractivity contribution in [1.29, 1.82) is 0 Å². The van der Waals surface area contributed by atoms with E-state index in [1.807, 2.05) is 6.07 Å². The molecule has 1 aliphatic heterocycles. The minimum atomic E-state index is 0.545. The highest BCUT2D eigenvalue weighted by Crippen LogP contribution is 2.28. The zero-order chi connectivity index (χ0) is 14.5. The predicted octanol–water partition coefficient (Wildman–Crippen LogP) is 2.99. The highest BCUT2D eigenvalue weighted by molar-refractivity contribution is 5.89. The quantitative estimate of drug-likeness (QED) is 0.857. The molecule has 2 aromatic rings. The van der Waals surface area contributed by atoms with Crippen LogP contribution in [-0.4, -0.2) is 35.6 Å². The zero-order valence-electron chi connectivity index (χ0n) is 12.8. The van der Waals surface area contributed by atoms with E-state index in [2.05, 4.69) is 45.3 Å². The van der Waals surface area contributed by atoms with Gasteiger partial charge in [0, 0.05) is 24.5 Å². The average Bonchev–Trinajstić information content (AvgIpc) is 2.55. The first-order chi connectivity index (χ1) is 10.4. The van der Waals surface area contributed by atoms with E-state index in [1.54, 1.807) is 6.33 Å². The Labute approximate surface area is 126 Å². The third-order valence-corrected chi connectivity index (χ3v) is 4.23. The third kappa shape index (κ3) is 3.16. The molecule has 1 unspecified atom stereocenters. The van der Waals surface area contributed by atoms with Gasteiger partial charge in [-0.15, -0.1) is 0 Å². The van der Waals surface area contributed by atoms with Crippen LogP contribution in [0.5, 0.6) is 0 Å². The summed E-state index contributed by atoms with van der Waals surface area (Å²) in [6, 6.07) is 8.85. The maximum atomic E-state index is 4.60. The SMILES string of the molecule is CCCNCC1CCCCN1c1ncnc2ccccc12. The minimum absolute atomic E-state index is 0.545. The number of para-hydroxylation sites is 1. The molecular weight excluding hydrogens is 260 g/mol. The zero-order valence-corrected chi connectivity index (χ0v) is 12.8. The van der Waals surface area contributed by atoms with Gasteiger partial charge in [-0.25, -0.2) is 9.97 Å². The highest BCUT2D eigenvalue weighted by atomic mass is 15.2. The lowest BCUT2D eigenvalue weighted by Gasteiger charge is -2.37. The van der Waals surface area contributed by atoms with E-state index in [-0.39, 0.29) is 0 Å². The standard InChI is InChI=1S/C17H24N4/c1-2-10-18-12-14-7-5-6-11-21(14)17-15-8-3-4-9-16(15)19-13-20-17/h3-4,8-9,13-14,18H,2,5-7,10-12H2,1H3. The molecule has 1 N–H and O–H groups in total. The first-order valence-electron chi connectivity index (χ1n) is 8.07. The van der Waals surface area contributed by atoms with Crippen molar-refractivity contribution in [1.82, 2.24) is 15.3 Å². The van der Waals surface area contributed by atoms with E-state index in [0.717, 1.165) is 31.0 Å². The van der Waals surface area contributed by atoms with Crippen LogP contribution in [0.4, 0.5) is 5.82 Å². The van der Waals surface area contributed by atoms with Crippen LogP contribution < -0.4 is 10.2 Å². The molecule has 0 amide bonds. The third-order valence-electron chi connectivity index (χ3n) is 4.23. The summed E-state index contributed by atoms with van der Waals surface area (Å²) in [6.45, 7) is 5.45. The fraction of sp³-hybridized carbons (Fsp3) is 0.529. The molecule has 0 bridgehead atoms. The molecule has 1 aromatic heterocycles. The van der Waals surface area contributed by atoms with Crippen molar-refractivity contribution in [2.45, 2.75) is 38.6 Å². The first kappa shape index (κ1) is 14.3. The molecule has 1 atom stereocenters. The molecule has 1 aromatic carbocycles. The van der Waals surface area contributed by atoms with Crippen LogP contribution in [0.25, 0.3) is 10.9 Å². The van der Waals surface area contributed by atoms with Crippen molar-refractivity contribution in [2.75, 3.05) is 24.5 Å². The van der Waals surface area contributed by atoms with Gasteiger partial charge in [-0.2, -0.15) is 0 Å². The Balaban J connectivity index is 1.87. The van der Waals surface area contributed by atoms with Crippen molar-refractivity contribution in [2.24, 2.45) is 0 Å². The van der Waals surface area contributed by atoms with Crippen LogP contribution in [0.3, 0.4) is 0 Å². The summed E-state index contributed by atoms with van der Waals surface area (Å²) < 4.78 is 0. The fourth-order valence-electron chi connectivity index (χ4n) is 3.16. The van der Waals surface area contributed by atoms with Crippen LogP contribution in [0.1, 0.15) is 32.6 Å². The Morgan fingerprint density at radius 3 is 3.05 bits per heavy atom. The number of rotatable bonds is 5. The molecule has 0 aliphatic carbocycles. The molecule has 4 heteroatoms. The van der Waals surface area contributed by atoms with E-state index < -0.39 is 0 Å². The van der Waals surface area contributed by atoms with Crippen LogP contribution >= 0.6 is 0 Å². The number of nitrogens with one attached hydrogen (secondary N) is 1. The molecule has 112 valence electrons. The van der Waals surface area contributed by atoms with Crippen LogP contribution in [0.15, 0.2) is 30.6 Å². The van der Waals surface area contributed by atoms with Gasteiger partial charge in [0.1, 0.15) is 12.1 Å². The second-order valence-electron chi connectivity index (χ2n) is 5.76. The van der Waals surface area contributed by atoms with Crippen molar-refractivity contribution in [3.63, 3.8) is 0 Å². The molecule has 21 heavy (non-hydrogen) atoms. The summed E-state index contributed by atoms with van der Waals surface area (Å²) in [5.41, 5.74) is 1.04. The minimum Gasteiger partial charge on any atom is -0.352 e. The molecule has 2 heterocycles. The van der Waals surface area contributed by atoms with Crippen LogP contribution in [0.2, 0.25) is 0 Å². The van der Waals surface area contributed by atoms with E-state index >= 15 is 0 Å². The van der Waals surface area contributed by atoms with Gasteiger partial charge in [0.25, 0.3) is 0 Å². The molecule has 0 spiro atoms. The van der Waals surface area contributed by atoms with Gasteiger partial charge in [-0.05, 0) is 44.4 Å². The van der Waals surface area contributed by atoms with Crippen LogP contribution in [-0.2, 0) is 0 Å². The number of piperidine rings is 1. The molecular formula is C17H24N4. The Morgan fingerprint density at radius 2 is 2.14 bits per heavy atom. The molecule has 0 radical (unpaired) electrons. The molecule has 1 fully saturated rings. The van der Waals surface area contributed by atoms with E-state index in [9.17, 15) is 0 Å². The summed E-state index contributed by atoms with van der Waals surface area (Å²) in [7, 11) is 0. The average molecular weight is 284 g/mol. The van der Waals surface area contributed by atoms with Crippen molar-refractivity contribution < 1.29 is 0 Å². The largest absolute Gasteiger partial charge is 0.352 e. The first-order valence-corrected chi connectivity index (χ1v) is 8.07. The van der Waals surface area contributed by atoms with Gasteiger partial charge in [0.05, 0.1) is 5.52 Å². The van der Waals surface area contributed by atoms with E-state index in [4.69, 9.17) is 0 Å². The van der Waals surface area contributed by atoms with Gasteiger partial charge >= 0.3 is 0 Å². The lowest BCUT2D eigenvalue weighted by atomic mass is 10.0. The van der Waals surface area contributed by atoms with E-state index in [1.165, 1.54) is 31.1 Å². The number of aromatic nitrogens is 2. The van der Waals surface area contributed by atoms with Gasteiger partial charge in [0.2, 0.25) is 0 Å². The van der Waals surface area contributed by atoms with Crippen LogP contribution in [0, 0.1) is 0 Å². The molecule has 0 saturated carbocycles. The maximum absolute atomic E-state index is 4.60. The van der Waals surface area contributed by atoms with Crippen molar-refractivity contribution >= 4 is 16.7 Å². The number of hydrogen-bond acceptors (Lipinski definition) is 4. The van der Waals surface area contributed by atoms with Gasteiger partial charge in [-0.1, -0.05) is 19.1 Å². The Morgan fingerprint density at radius 1 is 1.24 bits per heavy atom. The Bertz CT molecular complexity index is 579. The maximum Gasteiger partial charge on any atom is 0.140 e. The van der Waals surface area contributed by atoms with Crippen molar-refractivity contribution in [3.05, 3.63) is 30.6 Å². The topological polar surface area (TPSA) is 41.0 Å². The fourth-order valence-corrected chi connectivity index (χ4v) is 3.16. The summed E-state index contributed by atoms with van der Waals surface area (Å²) in [5.74, 6) is 1.10. The monoisotopic (exact) mass is 284 g/mol. The Hall–Kier alpha value is -1.68. The molecule has 4 nitrogen and oxygen atoms in total. The summed E-state index contributed by atoms with van der Waals surface area (Å²) >= 11 is 0. The molecule has 1 aliphatic rings. The summed E-state index contributed by atoms with van der Waals surface area (Å²) in [5, 5.41) is 4.74. The number of nitrogens with zero attached hydrogens (tertiary/aromatic N) is 3. The number of benzene rings is 1. The van der Waals surface area contributed by atoms with Gasteiger partial charge < -0.3 is 10.2 Å². The lowest BCUT2D eigenvalue weighted by molar-refractivity contribution is 0.434. The second-order valence-corrected chi connectivity index (χ2v) is 5.76. The Kier molecular flexibility index (Phi) is 4.65.